The average molecular weight is 236 g/mol. The molecule has 0 atom stereocenters. The van der Waals surface area contributed by atoms with Crippen LogP contribution in [0.5, 0.6) is 0 Å². The molecule has 8 heteroatoms. The van der Waals surface area contributed by atoms with Gasteiger partial charge in [0.1, 0.15) is 0 Å². The Morgan fingerprint density at radius 1 is 1.24 bits per heavy atom. The van der Waals surface area contributed by atoms with E-state index in [-0.39, 0.29) is 17.7 Å². The molecule has 0 saturated carbocycles. The first-order valence-corrected chi connectivity index (χ1v) is 4.66. The molecule has 0 aliphatic rings. The number of benzene rings is 1. The third-order valence-corrected chi connectivity index (χ3v) is 2.33. The number of nitro groups is 1. The molecule has 0 aliphatic carbocycles. The molecule has 2 aromatic rings. The van der Waals surface area contributed by atoms with Crippen molar-refractivity contribution in [1.29, 1.82) is 0 Å². The fraction of sp³-hybridized carbons (Fsp3) is 0.111. The summed E-state index contributed by atoms with van der Waals surface area (Å²) in [5.74, 6) is 0. The lowest BCUT2D eigenvalue weighted by molar-refractivity contribution is -0.384. The van der Waals surface area contributed by atoms with Gasteiger partial charge in [0.05, 0.1) is 16.0 Å². The molecule has 0 aliphatic heterocycles. The lowest BCUT2D eigenvalue weighted by atomic mass is 10.1. The molecule has 0 fully saturated rings. The lowest BCUT2D eigenvalue weighted by Crippen LogP contribution is -2.29. The summed E-state index contributed by atoms with van der Waals surface area (Å²) >= 11 is 0. The topological polar surface area (TPSA) is 135 Å². The van der Waals surface area contributed by atoms with Crippen LogP contribution in [0.25, 0.3) is 11.0 Å². The molecular weight excluding hydrogens is 228 g/mol. The van der Waals surface area contributed by atoms with E-state index in [2.05, 4.69) is 9.97 Å². The molecule has 0 saturated heterocycles. The zero-order valence-corrected chi connectivity index (χ0v) is 8.52. The summed E-state index contributed by atoms with van der Waals surface area (Å²) in [6.07, 6.45) is 0. The summed E-state index contributed by atoms with van der Waals surface area (Å²) in [4.78, 5) is 36.9. The van der Waals surface area contributed by atoms with Crippen molar-refractivity contribution in [2.24, 2.45) is 5.73 Å². The fourth-order valence-corrected chi connectivity index (χ4v) is 1.55. The molecule has 88 valence electrons. The van der Waals surface area contributed by atoms with E-state index in [9.17, 15) is 19.7 Å². The third kappa shape index (κ3) is 1.81. The monoisotopic (exact) mass is 236 g/mol. The third-order valence-electron chi connectivity index (χ3n) is 2.33. The molecular formula is C9H8N4O4. The van der Waals surface area contributed by atoms with Crippen molar-refractivity contribution >= 4 is 16.7 Å². The summed E-state index contributed by atoms with van der Waals surface area (Å²) in [7, 11) is 0. The maximum absolute atomic E-state index is 11.1. The van der Waals surface area contributed by atoms with E-state index in [0.29, 0.717) is 11.1 Å². The van der Waals surface area contributed by atoms with E-state index < -0.39 is 16.0 Å². The molecule has 1 aromatic carbocycles. The van der Waals surface area contributed by atoms with E-state index in [1.54, 1.807) is 0 Å². The summed E-state index contributed by atoms with van der Waals surface area (Å²) in [5.41, 5.74) is 4.45. The van der Waals surface area contributed by atoms with Gasteiger partial charge < -0.3 is 15.7 Å². The number of hydrogen-bond acceptors (Lipinski definition) is 5. The molecule has 0 unspecified atom stereocenters. The Morgan fingerprint density at radius 2 is 1.88 bits per heavy atom. The van der Waals surface area contributed by atoms with Crippen LogP contribution in [-0.4, -0.2) is 14.9 Å². The molecule has 0 spiro atoms. The smallest absolute Gasteiger partial charge is 0.314 e. The van der Waals surface area contributed by atoms with Gasteiger partial charge in [-0.25, -0.2) is 0 Å². The van der Waals surface area contributed by atoms with Crippen molar-refractivity contribution in [2.45, 2.75) is 6.54 Å². The first-order chi connectivity index (χ1) is 8.02. The molecule has 2 rings (SSSR count). The quantitative estimate of drug-likeness (QED) is 0.370. The van der Waals surface area contributed by atoms with Gasteiger partial charge in [-0.05, 0) is 5.56 Å². The number of fused-ring (bicyclic) bond motifs is 1. The second-order valence-electron chi connectivity index (χ2n) is 3.40. The van der Waals surface area contributed by atoms with Gasteiger partial charge in [0, 0.05) is 18.7 Å². The average Bonchev–Trinajstić information content (AvgIpc) is 2.29. The molecule has 1 aromatic heterocycles. The van der Waals surface area contributed by atoms with Gasteiger partial charge in [0.2, 0.25) is 0 Å². The molecule has 0 bridgehead atoms. The minimum atomic E-state index is -0.860. The Hall–Kier alpha value is -2.48. The van der Waals surface area contributed by atoms with Gasteiger partial charge in [0.25, 0.3) is 5.69 Å². The van der Waals surface area contributed by atoms with Crippen molar-refractivity contribution in [3.05, 3.63) is 48.5 Å². The SMILES string of the molecule is NCc1cc([N+](=O)[O-])cc2[nH]c(=O)c(=O)[nH]c12. The molecule has 0 radical (unpaired) electrons. The van der Waals surface area contributed by atoms with Crippen LogP contribution in [0.1, 0.15) is 5.56 Å². The Kier molecular flexibility index (Phi) is 2.48. The van der Waals surface area contributed by atoms with Crippen LogP contribution in [-0.2, 0) is 6.54 Å². The maximum Gasteiger partial charge on any atom is 0.314 e. The van der Waals surface area contributed by atoms with Crippen LogP contribution < -0.4 is 16.9 Å². The summed E-state index contributed by atoms with van der Waals surface area (Å²) in [5, 5.41) is 10.7. The highest BCUT2D eigenvalue weighted by atomic mass is 16.6. The van der Waals surface area contributed by atoms with Crippen LogP contribution >= 0.6 is 0 Å². The first-order valence-electron chi connectivity index (χ1n) is 4.66. The second-order valence-corrected chi connectivity index (χ2v) is 3.40. The van der Waals surface area contributed by atoms with Crippen LogP contribution in [0.15, 0.2) is 21.7 Å². The molecule has 1 heterocycles. The summed E-state index contributed by atoms with van der Waals surface area (Å²) in [6.45, 7) is 0.0141. The standard InChI is InChI=1S/C9H8N4O4/c10-3-4-1-5(13(16)17)2-6-7(4)12-9(15)8(14)11-6/h1-2H,3,10H2,(H,11,14)(H,12,15). The number of hydrogen-bond donors (Lipinski definition) is 3. The fourth-order valence-electron chi connectivity index (χ4n) is 1.55. The number of aromatic amines is 2. The van der Waals surface area contributed by atoms with Gasteiger partial charge in [-0.2, -0.15) is 0 Å². The zero-order valence-electron chi connectivity index (χ0n) is 8.52. The molecule has 17 heavy (non-hydrogen) atoms. The number of nitrogens with two attached hydrogens (primary N) is 1. The number of non-ortho nitro benzene ring substituents is 1. The van der Waals surface area contributed by atoms with E-state index in [4.69, 9.17) is 5.73 Å². The number of aromatic nitrogens is 2. The van der Waals surface area contributed by atoms with Gasteiger partial charge in [-0.3, -0.25) is 19.7 Å². The lowest BCUT2D eigenvalue weighted by Gasteiger charge is -2.03. The Morgan fingerprint density at radius 3 is 2.47 bits per heavy atom. The predicted molar refractivity (Wildman–Crippen MR) is 59.7 cm³/mol. The van der Waals surface area contributed by atoms with Crippen LogP contribution in [0.2, 0.25) is 0 Å². The van der Waals surface area contributed by atoms with Crippen molar-refractivity contribution < 1.29 is 4.92 Å². The van der Waals surface area contributed by atoms with Gasteiger partial charge in [-0.15, -0.1) is 0 Å². The largest absolute Gasteiger partial charge is 0.326 e. The predicted octanol–water partition coefficient (Wildman–Crippen LogP) is -0.417. The second kappa shape index (κ2) is 3.83. The highest BCUT2D eigenvalue weighted by Gasteiger charge is 2.12. The van der Waals surface area contributed by atoms with Crippen LogP contribution in [0.4, 0.5) is 5.69 Å². The number of nitro benzene ring substituents is 1. The Balaban J connectivity index is 2.92. The zero-order chi connectivity index (χ0) is 12.6. The number of nitrogens with one attached hydrogen (secondary N) is 2. The van der Waals surface area contributed by atoms with Crippen molar-refractivity contribution in [3.63, 3.8) is 0 Å². The van der Waals surface area contributed by atoms with E-state index in [1.807, 2.05) is 0 Å². The minimum Gasteiger partial charge on any atom is -0.326 e. The Bertz CT molecular complexity index is 715. The molecule has 8 nitrogen and oxygen atoms in total. The molecule has 0 amide bonds. The normalized spacial score (nSPS) is 10.6. The van der Waals surface area contributed by atoms with Crippen molar-refractivity contribution in [3.8, 4) is 0 Å². The van der Waals surface area contributed by atoms with Crippen molar-refractivity contribution in [2.75, 3.05) is 0 Å². The van der Waals surface area contributed by atoms with Crippen LogP contribution in [0.3, 0.4) is 0 Å². The minimum absolute atomic E-state index is 0.0141. The highest BCUT2D eigenvalue weighted by Crippen LogP contribution is 2.20. The highest BCUT2D eigenvalue weighted by molar-refractivity contribution is 5.80. The van der Waals surface area contributed by atoms with Gasteiger partial charge in [-0.1, -0.05) is 0 Å². The van der Waals surface area contributed by atoms with E-state index in [1.165, 1.54) is 12.1 Å². The van der Waals surface area contributed by atoms with Gasteiger partial charge in [0.15, 0.2) is 0 Å². The molecule has 4 N–H and O–H groups in total. The number of rotatable bonds is 2. The summed E-state index contributed by atoms with van der Waals surface area (Å²) < 4.78 is 0. The van der Waals surface area contributed by atoms with Crippen LogP contribution in [0, 0.1) is 10.1 Å². The number of nitrogens with zero attached hydrogens (tertiary/aromatic N) is 1. The maximum atomic E-state index is 11.1. The van der Waals surface area contributed by atoms with E-state index in [0.717, 1.165) is 0 Å². The Labute approximate surface area is 93.2 Å². The first kappa shape index (κ1) is 11.0. The number of H-pyrrole nitrogens is 2. The van der Waals surface area contributed by atoms with Gasteiger partial charge >= 0.3 is 11.1 Å². The van der Waals surface area contributed by atoms with Crippen molar-refractivity contribution in [1.82, 2.24) is 9.97 Å². The summed E-state index contributed by atoms with van der Waals surface area (Å²) in [6, 6.07) is 2.43. The van der Waals surface area contributed by atoms with E-state index >= 15 is 0 Å².